The van der Waals surface area contributed by atoms with Crippen LogP contribution in [0.3, 0.4) is 0 Å². The summed E-state index contributed by atoms with van der Waals surface area (Å²) in [7, 11) is 0. The smallest absolute Gasteiger partial charge is 0.260 e. The van der Waals surface area contributed by atoms with Crippen LogP contribution in [0, 0.1) is 6.92 Å². The first kappa shape index (κ1) is 18.2. The van der Waals surface area contributed by atoms with Crippen LogP contribution in [0.15, 0.2) is 24.3 Å². The van der Waals surface area contributed by atoms with Gasteiger partial charge in [-0.25, -0.2) is 0 Å². The molecule has 2 aliphatic heterocycles. The Bertz CT molecular complexity index is 558. The molecule has 0 aromatic heterocycles. The normalized spacial score (nSPS) is 22.0. The maximum absolute atomic E-state index is 12.7. The number of rotatable bonds is 6. The monoisotopic (exact) mass is 346 g/mol. The number of piperidine rings is 1. The fourth-order valence-corrected chi connectivity index (χ4v) is 3.72. The largest absolute Gasteiger partial charge is 0.484 e. The van der Waals surface area contributed by atoms with E-state index >= 15 is 0 Å². The highest BCUT2D eigenvalue weighted by molar-refractivity contribution is 5.78. The van der Waals surface area contributed by atoms with Gasteiger partial charge in [-0.15, -0.1) is 0 Å². The van der Waals surface area contributed by atoms with Crippen molar-refractivity contribution in [3.05, 3.63) is 29.8 Å². The number of hydrogen-bond donors (Lipinski definition) is 0. The highest BCUT2D eigenvalue weighted by Crippen LogP contribution is 2.21. The minimum absolute atomic E-state index is 0.119. The summed E-state index contributed by atoms with van der Waals surface area (Å²) in [6, 6.07) is 8.22. The van der Waals surface area contributed by atoms with Gasteiger partial charge in [0.1, 0.15) is 5.75 Å². The molecule has 2 aliphatic rings. The van der Waals surface area contributed by atoms with Crippen LogP contribution in [-0.4, -0.2) is 67.7 Å². The number of amides is 1. The summed E-state index contributed by atoms with van der Waals surface area (Å²) in [6.07, 6.45) is 4.48. The van der Waals surface area contributed by atoms with E-state index in [1.807, 2.05) is 31.2 Å². The average molecular weight is 346 g/mol. The Labute approximate surface area is 150 Å². The van der Waals surface area contributed by atoms with Gasteiger partial charge in [0.2, 0.25) is 0 Å². The molecule has 0 spiro atoms. The minimum atomic E-state index is 0.119. The van der Waals surface area contributed by atoms with Crippen molar-refractivity contribution in [3.8, 4) is 5.75 Å². The average Bonchev–Trinajstić information content (AvgIpc) is 2.65. The lowest BCUT2D eigenvalue weighted by molar-refractivity contribution is -0.137. The van der Waals surface area contributed by atoms with Crippen molar-refractivity contribution in [2.24, 2.45) is 0 Å². The van der Waals surface area contributed by atoms with E-state index in [1.165, 1.54) is 6.42 Å². The van der Waals surface area contributed by atoms with E-state index in [-0.39, 0.29) is 12.5 Å². The van der Waals surface area contributed by atoms with Crippen LogP contribution in [0.5, 0.6) is 5.75 Å². The highest BCUT2D eigenvalue weighted by Gasteiger charge is 2.27. The number of nitrogens with zero attached hydrogens (tertiary/aromatic N) is 2. The van der Waals surface area contributed by atoms with Crippen molar-refractivity contribution in [1.82, 2.24) is 9.80 Å². The second kappa shape index (κ2) is 9.20. The molecule has 0 bridgehead atoms. The van der Waals surface area contributed by atoms with Crippen LogP contribution in [0.25, 0.3) is 0 Å². The first-order valence-electron chi connectivity index (χ1n) is 9.51. The molecule has 3 rings (SSSR count). The molecule has 0 N–H and O–H groups in total. The molecular formula is C20H30N2O3. The van der Waals surface area contributed by atoms with Gasteiger partial charge in [0, 0.05) is 32.2 Å². The van der Waals surface area contributed by atoms with Crippen LogP contribution in [-0.2, 0) is 9.53 Å². The summed E-state index contributed by atoms with van der Waals surface area (Å²) in [4.78, 5) is 17.2. The Morgan fingerprint density at radius 2 is 2.08 bits per heavy atom. The van der Waals surface area contributed by atoms with Gasteiger partial charge in [-0.2, -0.15) is 0 Å². The lowest BCUT2D eigenvalue weighted by Gasteiger charge is -2.37. The summed E-state index contributed by atoms with van der Waals surface area (Å²) < 4.78 is 11.1. The van der Waals surface area contributed by atoms with Crippen LogP contribution < -0.4 is 4.74 Å². The number of hydrogen-bond acceptors (Lipinski definition) is 4. The number of ether oxygens (including phenoxy) is 2. The Morgan fingerprint density at radius 1 is 1.24 bits per heavy atom. The minimum Gasteiger partial charge on any atom is -0.484 e. The van der Waals surface area contributed by atoms with Gasteiger partial charge in [0.15, 0.2) is 6.61 Å². The van der Waals surface area contributed by atoms with E-state index in [9.17, 15) is 4.79 Å². The lowest BCUT2D eigenvalue weighted by Crippen LogP contribution is -2.47. The van der Waals surface area contributed by atoms with Crippen molar-refractivity contribution in [3.63, 3.8) is 0 Å². The van der Waals surface area contributed by atoms with Gasteiger partial charge >= 0.3 is 0 Å². The Balaban J connectivity index is 1.49. The van der Waals surface area contributed by atoms with Crippen LogP contribution in [0.2, 0.25) is 0 Å². The van der Waals surface area contributed by atoms with Crippen molar-refractivity contribution in [2.75, 3.05) is 46.0 Å². The zero-order valence-corrected chi connectivity index (χ0v) is 15.3. The van der Waals surface area contributed by atoms with Crippen molar-refractivity contribution in [2.45, 2.75) is 38.6 Å². The van der Waals surface area contributed by atoms with Crippen LogP contribution in [0.1, 0.15) is 31.2 Å². The first-order valence-corrected chi connectivity index (χ1v) is 9.51. The van der Waals surface area contributed by atoms with Crippen LogP contribution >= 0.6 is 0 Å². The second-order valence-electron chi connectivity index (χ2n) is 7.08. The predicted octanol–water partition coefficient (Wildman–Crippen LogP) is 2.48. The van der Waals surface area contributed by atoms with E-state index in [4.69, 9.17) is 9.47 Å². The number of carbonyl (C=O) groups excluding carboxylic acids is 1. The third-order valence-electron chi connectivity index (χ3n) is 5.18. The molecule has 0 aliphatic carbocycles. The van der Waals surface area contributed by atoms with Gasteiger partial charge in [-0.3, -0.25) is 9.69 Å². The number of likely N-dealkylation sites (tertiary alicyclic amines) is 1. The maximum atomic E-state index is 12.7. The molecule has 5 heteroatoms. The molecule has 0 saturated carbocycles. The van der Waals surface area contributed by atoms with Crippen molar-refractivity contribution < 1.29 is 14.3 Å². The summed E-state index contributed by atoms with van der Waals surface area (Å²) in [5, 5.41) is 0. The number of morpholine rings is 1. The zero-order valence-electron chi connectivity index (χ0n) is 15.3. The molecule has 1 aromatic carbocycles. The first-order chi connectivity index (χ1) is 12.2. The molecule has 0 radical (unpaired) electrons. The van der Waals surface area contributed by atoms with E-state index in [2.05, 4.69) is 9.80 Å². The molecule has 2 fully saturated rings. The quantitative estimate of drug-likeness (QED) is 0.794. The molecule has 2 heterocycles. The zero-order chi connectivity index (χ0) is 17.5. The van der Waals surface area contributed by atoms with E-state index in [1.54, 1.807) is 0 Å². The summed E-state index contributed by atoms with van der Waals surface area (Å²) in [5.74, 6) is 0.892. The molecule has 138 valence electrons. The Morgan fingerprint density at radius 3 is 2.88 bits per heavy atom. The molecule has 25 heavy (non-hydrogen) atoms. The number of aryl methyl sites for hydroxylation is 1. The van der Waals surface area contributed by atoms with E-state index in [0.29, 0.717) is 6.04 Å². The predicted molar refractivity (Wildman–Crippen MR) is 97.9 cm³/mol. The third kappa shape index (κ3) is 5.44. The highest BCUT2D eigenvalue weighted by atomic mass is 16.5. The van der Waals surface area contributed by atoms with Gasteiger partial charge in [-0.1, -0.05) is 12.1 Å². The number of carbonyl (C=O) groups is 1. The molecule has 1 atom stereocenters. The topological polar surface area (TPSA) is 42.0 Å². The van der Waals surface area contributed by atoms with E-state index in [0.717, 1.165) is 70.0 Å². The fraction of sp³-hybridized carbons (Fsp3) is 0.650. The Kier molecular flexibility index (Phi) is 6.70. The standard InChI is InChI=1S/C20H30N2O3/c1-17-5-4-7-19(15-17)25-16-20(23)22-9-3-2-6-18(22)8-10-21-11-13-24-14-12-21/h4-5,7,15,18H,2-3,6,8-14,16H2,1H3/t18-/m1/s1. The lowest BCUT2D eigenvalue weighted by atomic mass is 9.99. The summed E-state index contributed by atoms with van der Waals surface area (Å²) >= 11 is 0. The van der Waals surface area contributed by atoms with Crippen molar-refractivity contribution in [1.29, 1.82) is 0 Å². The molecule has 2 saturated heterocycles. The van der Waals surface area contributed by atoms with E-state index < -0.39 is 0 Å². The van der Waals surface area contributed by atoms with Crippen LogP contribution in [0.4, 0.5) is 0 Å². The van der Waals surface area contributed by atoms with Crippen molar-refractivity contribution >= 4 is 5.91 Å². The third-order valence-corrected chi connectivity index (χ3v) is 5.18. The van der Waals surface area contributed by atoms with Gasteiger partial charge in [-0.05, 0) is 50.3 Å². The second-order valence-corrected chi connectivity index (χ2v) is 7.08. The van der Waals surface area contributed by atoms with Gasteiger partial charge in [0.25, 0.3) is 5.91 Å². The number of benzene rings is 1. The van der Waals surface area contributed by atoms with Gasteiger partial charge < -0.3 is 14.4 Å². The maximum Gasteiger partial charge on any atom is 0.260 e. The molecule has 5 nitrogen and oxygen atoms in total. The molecule has 1 aromatic rings. The molecule has 0 unspecified atom stereocenters. The van der Waals surface area contributed by atoms with Gasteiger partial charge in [0.05, 0.1) is 13.2 Å². The summed E-state index contributed by atoms with van der Waals surface area (Å²) in [5.41, 5.74) is 1.14. The fourth-order valence-electron chi connectivity index (χ4n) is 3.72. The molecular weight excluding hydrogens is 316 g/mol. The SMILES string of the molecule is Cc1cccc(OCC(=O)N2CCCC[C@@H]2CCN2CCOCC2)c1. The summed E-state index contributed by atoms with van der Waals surface area (Å²) in [6.45, 7) is 7.77. The Hall–Kier alpha value is -1.59. The molecule has 1 amide bonds.